The Labute approximate surface area is 89.9 Å². The summed E-state index contributed by atoms with van der Waals surface area (Å²) in [6.07, 6.45) is 0.179. The average Bonchev–Trinajstić information content (AvgIpc) is 2.44. The Morgan fingerprint density at radius 2 is 1.86 bits per heavy atom. The first kappa shape index (κ1) is 10.1. The molecule has 2 rings (SSSR count). The van der Waals surface area contributed by atoms with Gasteiger partial charge in [-0.05, 0) is 25.7 Å². The number of rotatable bonds is 1. The topological polar surface area (TPSA) is 9.23 Å². The van der Waals surface area contributed by atoms with E-state index in [0.29, 0.717) is 0 Å². The van der Waals surface area contributed by atoms with E-state index < -0.39 is 6.26 Å². The van der Waals surface area contributed by atoms with Crippen LogP contribution in [0, 0.1) is 0 Å². The van der Waals surface area contributed by atoms with Gasteiger partial charge >= 0.3 is 0 Å². The lowest BCUT2D eigenvalue weighted by molar-refractivity contribution is 0.197. The van der Waals surface area contributed by atoms with E-state index in [9.17, 15) is 0 Å². The van der Waals surface area contributed by atoms with E-state index in [4.69, 9.17) is 16.3 Å². The van der Waals surface area contributed by atoms with E-state index in [-0.39, 0.29) is 5.60 Å². The molecule has 14 heavy (non-hydrogen) atoms. The van der Waals surface area contributed by atoms with E-state index in [0.717, 1.165) is 5.30 Å². The molecule has 1 aromatic carbocycles. The molecule has 0 aliphatic carbocycles. The third kappa shape index (κ3) is 1.83. The van der Waals surface area contributed by atoms with Crippen molar-refractivity contribution in [2.24, 2.45) is 0 Å². The van der Waals surface area contributed by atoms with Crippen molar-refractivity contribution in [2.75, 3.05) is 0 Å². The molecule has 1 aromatic rings. The number of benzene rings is 1. The maximum Gasteiger partial charge on any atom is 0.117 e. The monoisotopic (exact) mass is 224 g/mol. The summed E-state index contributed by atoms with van der Waals surface area (Å²) in [5, 5.41) is 1.14. The predicted octanol–water partition coefficient (Wildman–Crippen LogP) is 3.03. The van der Waals surface area contributed by atoms with Crippen molar-refractivity contribution in [1.82, 2.24) is 0 Å². The first-order valence-electron chi connectivity index (χ1n) is 4.58. The summed E-state index contributed by atoms with van der Waals surface area (Å²) < 4.78 is 5.94. The first-order chi connectivity index (χ1) is 6.52. The van der Waals surface area contributed by atoms with Gasteiger partial charge in [-0.3, -0.25) is 0 Å². The van der Waals surface area contributed by atoms with Crippen LogP contribution in [0.15, 0.2) is 42.2 Å². The maximum absolute atomic E-state index is 5.94. The third-order valence-corrected chi connectivity index (χ3v) is 5.68. The van der Waals surface area contributed by atoms with Crippen LogP contribution in [0.2, 0.25) is 0 Å². The van der Waals surface area contributed by atoms with Crippen molar-refractivity contribution in [1.29, 1.82) is 0 Å². The Morgan fingerprint density at radius 1 is 1.21 bits per heavy atom. The highest BCUT2D eigenvalue weighted by atomic mass is 32.4. The predicted molar refractivity (Wildman–Crippen MR) is 64.7 cm³/mol. The van der Waals surface area contributed by atoms with Crippen LogP contribution in [0.3, 0.4) is 0 Å². The molecule has 1 nitrogen and oxygen atoms in total. The van der Waals surface area contributed by atoms with Crippen LogP contribution in [-0.2, 0) is 16.3 Å². The molecule has 1 heterocycles. The molecule has 0 aromatic heterocycles. The van der Waals surface area contributed by atoms with Gasteiger partial charge in [0.2, 0.25) is 0 Å². The molecule has 1 aliphatic heterocycles. The highest BCUT2D eigenvalue weighted by Crippen LogP contribution is 2.56. The highest BCUT2D eigenvalue weighted by Gasteiger charge is 2.32. The minimum absolute atomic E-state index is 0.203. The van der Waals surface area contributed by atoms with Crippen molar-refractivity contribution in [2.45, 2.75) is 19.4 Å². The summed E-state index contributed by atoms with van der Waals surface area (Å²) in [5.41, 5.74) is -0.203. The molecular weight excluding hydrogens is 211 g/mol. The molecule has 0 spiro atoms. The smallest absolute Gasteiger partial charge is 0.117 e. The van der Waals surface area contributed by atoms with Crippen LogP contribution < -0.4 is 5.30 Å². The molecule has 74 valence electrons. The normalized spacial score (nSPS) is 29.3. The minimum Gasteiger partial charge on any atom is -0.333 e. The van der Waals surface area contributed by atoms with Crippen molar-refractivity contribution < 1.29 is 4.52 Å². The van der Waals surface area contributed by atoms with E-state index >= 15 is 0 Å². The van der Waals surface area contributed by atoms with Crippen molar-refractivity contribution in [3.05, 3.63) is 42.2 Å². The molecule has 0 amide bonds. The van der Waals surface area contributed by atoms with Gasteiger partial charge in [-0.25, -0.2) is 0 Å². The molecular formula is C11H13OPS. The number of hydrogen-bond acceptors (Lipinski definition) is 2. The summed E-state index contributed by atoms with van der Waals surface area (Å²) in [6.45, 7) is 4.08. The molecule has 0 saturated heterocycles. The Bertz CT molecular complexity index is 409. The average molecular weight is 224 g/mol. The third-order valence-electron chi connectivity index (χ3n) is 2.16. The largest absolute Gasteiger partial charge is 0.333 e. The Kier molecular flexibility index (Phi) is 2.38. The Hall–Kier alpha value is -0.430. The van der Waals surface area contributed by atoms with Crippen LogP contribution in [0.1, 0.15) is 13.8 Å². The van der Waals surface area contributed by atoms with E-state index in [2.05, 4.69) is 11.9 Å². The van der Waals surface area contributed by atoms with Gasteiger partial charge in [0.15, 0.2) is 0 Å². The minimum atomic E-state index is -1.89. The van der Waals surface area contributed by atoms with Gasteiger partial charge in [0.05, 0.1) is 5.60 Å². The van der Waals surface area contributed by atoms with Crippen molar-refractivity contribution >= 4 is 23.4 Å². The van der Waals surface area contributed by atoms with Crippen LogP contribution in [0.25, 0.3) is 0 Å². The Balaban J connectivity index is 2.39. The van der Waals surface area contributed by atoms with Gasteiger partial charge in [-0.15, -0.1) is 0 Å². The zero-order valence-corrected chi connectivity index (χ0v) is 10.0. The Morgan fingerprint density at radius 3 is 2.36 bits per heavy atom. The van der Waals surface area contributed by atoms with Gasteiger partial charge in [-0.1, -0.05) is 42.1 Å². The molecule has 1 unspecified atom stereocenters. The standard InChI is InChI=1S/C11H13OPS/c1-11(2)8-9-13(14,12-11)10-6-4-3-5-7-10/h3-9H,1-2H3. The quantitative estimate of drug-likeness (QED) is 0.678. The molecule has 0 fully saturated rings. The summed E-state index contributed by atoms with van der Waals surface area (Å²) >= 11 is 5.58. The van der Waals surface area contributed by atoms with Gasteiger partial charge in [0, 0.05) is 5.30 Å². The van der Waals surface area contributed by atoms with Crippen molar-refractivity contribution in [3.63, 3.8) is 0 Å². The van der Waals surface area contributed by atoms with Gasteiger partial charge < -0.3 is 4.52 Å². The maximum atomic E-state index is 5.94. The molecule has 0 radical (unpaired) electrons. The molecule has 1 aliphatic rings. The van der Waals surface area contributed by atoms with Crippen LogP contribution in [0.5, 0.6) is 0 Å². The van der Waals surface area contributed by atoms with Gasteiger partial charge in [-0.2, -0.15) is 0 Å². The van der Waals surface area contributed by atoms with E-state index in [1.807, 2.05) is 44.2 Å². The zero-order valence-electron chi connectivity index (χ0n) is 8.31. The lowest BCUT2D eigenvalue weighted by Gasteiger charge is -2.22. The molecule has 0 bridgehead atoms. The van der Waals surface area contributed by atoms with Gasteiger partial charge in [0.25, 0.3) is 0 Å². The first-order valence-corrected chi connectivity index (χ1v) is 7.37. The second-order valence-electron chi connectivity index (χ2n) is 3.94. The lowest BCUT2D eigenvalue weighted by Crippen LogP contribution is -2.16. The summed E-state index contributed by atoms with van der Waals surface area (Å²) in [6, 6.07) is 10.1. The lowest BCUT2D eigenvalue weighted by atomic mass is 10.1. The molecule has 1 atom stereocenters. The second-order valence-corrected chi connectivity index (χ2v) is 7.76. The second kappa shape index (κ2) is 3.30. The van der Waals surface area contributed by atoms with Gasteiger partial charge in [0.1, 0.15) is 6.26 Å². The zero-order chi connectivity index (χ0) is 10.2. The molecule has 0 saturated carbocycles. The summed E-state index contributed by atoms with van der Waals surface area (Å²) in [7, 11) is 0. The fraction of sp³-hybridized carbons (Fsp3) is 0.273. The summed E-state index contributed by atoms with van der Waals surface area (Å²) in [4.78, 5) is 0. The number of hydrogen-bond donors (Lipinski definition) is 0. The van der Waals surface area contributed by atoms with Crippen LogP contribution >= 0.6 is 6.26 Å². The molecule has 3 heteroatoms. The fourth-order valence-corrected chi connectivity index (χ4v) is 4.83. The SMILES string of the molecule is CC1(C)C=CP(=S)(c2ccccc2)O1. The molecule has 0 N–H and O–H groups in total. The van der Waals surface area contributed by atoms with Crippen LogP contribution in [-0.4, -0.2) is 5.60 Å². The van der Waals surface area contributed by atoms with Crippen molar-refractivity contribution in [3.8, 4) is 0 Å². The van der Waals surface area contributed by atoms with E-state index in [1.165, 1.54) is 0 Å². The van der Waals surface area contributed by atoms with E-state index in [1.54, 1.807) is 0 Å². The summed E-state index contributed by atoms with van der Waals surface area (Å²) in [5.74, 6) is 2.07. The fourth-order valence-electron chi connectivity index (χ4n) is 1.46. The highest BCUT2D eigenvalue weighted by molar-refractivity contribution is 8.17. The van der Waals surface area contributed by atoms with Crippen LogP contribution in [0.4, 0.5) is 0 Å².